The van der Waals surface area contributed by atoms with Crippen LogP contribution < -0.4 is 51.0 Å². The van der Waals surface area contributed by atoms with E-state index >= 15 is 0 Å². The molecule has 1 saturated heterocycles. The number of anilines is 3. The van der Waals surface area contributed by atoms with E-state index in [4.69, 9.17) is 21.1 Å². The second-order valence-electron chi connectivity index (χ2n) is 13.5. The Morgan fingerprint density at radius 3 is 1.67 bits per heavy atom. The quantitative estimate of drug-likeness (QED) is 0.0800. The number of aromatic nitrogens is 1. The van der Waals surface area contributed by atoms with Gasteiger partial charge in [-0.1, -0.05) is 68.5 Å². The molecule has 4 aliphatic heterocycles. The van der Waals surface area contributed by atoms with Gasteiger partial charge in [0.05, 0.1) is 33.8 Å². The molecule has 0 spiro atoms. The van der Waals surface area contributed by atoms with Crippen LogP contribution in [0, 0.1) is 35.1 Å². The molecule has 1 aromatic heterocycles. The number of nitrogens with one attached hydrogen (secondary N) is 4. The second-order valence-corrected chi connectivity index (χ2v) is 14.4. The van der Waals surface area contributed by atoms with Crippen LogP contribution in [0.3, 0.4) is 0 Å². The maximum atomic E-state index is 14.0. The number of benzene rings is 4. The van der Waals surface area contributed by atoms with E-state index in [1.807, 2.05) is 58.0 Å². The third-order valence-electron chi connectivity index (χ3n) is 9.58. The van der Waals surface area contributed by atoms with Crippen LogP contribution in [-0.4, -0.2) is 51.4 Å². The Morgan fingerprint density at radius 2 is 1.12 bits per heavy atom. The molecule has 0 aliphatic carbocycles. The van der Waals surface area contributed by atoms with Gasteiger partial charge in [-0.2, -0.15) is 0 Å². The molecule has 4 N–H and O–H groups in total. The maximum Gasteiger partial charge on any atom is 1.00 e. The van der Waals surface area contributed by atoms with Gasteiger partial charge < -0.3 is 42.1 Å². The molecule has 299 valence electrons. The van der Waals surface area contributed by atoms with Gasteiger partial charge in [-0.3, -0.25) is 0 Å². The number of H-pyrrole nitrogens is 1. The van der Waals surface area contributed by atoms with Gasteiger partial charge in [-0.15, -0.1) is 0 Å². The monoisotopic (exact) mass is 858 g/mol. The molecule has 0 atom stereocenters. The first-order valence-corrected chi connectivity index (χ1v) is 17.7. The number of halogens is 5. The first kappa shape index (κ1) is 53.6. The third kappa shape index (κ3) is 12.5. The molecular formula is C42H52B2BrF4N5NaO2. The fourth-order valence-electron chi connectivity index (χ4n) is 6.21. The molecule has 1 fully saturated rings. The van der Waals surface area contributed by atoms with E-state index in [1.54, 1.807) is 18.3 Å². The van der Waals surface area contributed by atoms with Crippen molar-refractivity contribution in [3.63, 3.8) is 0 Å². The summed E-state index contributed by atoms with van der Waals surface area (Å²) >= 11 is 3.25. The number of hydrogen-bond donors (Lipinski definition) is 4. The number of nitrogens with zero attached hydrogens (tertiary/aromatic N) is 1. The van der Waals surface area contributed by atoms with Gasteiger partial charge in [0.15, 0.2) is 0 Å². The molecule has 0 saturated carbocycles. The summed E-state index contributed by atoms with van der Waals surface area (Å²) in [6, 6.07) is 19.0. The molecule has 4 aromatic carbocycles. The predicted octanol–water partition coefficient (Wildman–Crippen LogP) is 7.38. The van der Waals surface area contributed by atoms with Gasteiger partial charge in [0, 0.05) is 44.1 Å². The molecule has 9 rings (SSSR count). The van der Waals surface area contributed by atoms with Gasteiger partial charge in [0.1, 0.15) is 23.3 Å². The Hall–Kier alpha value is -3.44. The van der Waals surface area contributed by atoms with Crippen LogP contribution in [0.5, 0.6) is 0 Å². The van der Waals surface area contributed by atoms with Gasteiger partial charge in [0.2, 0.25) is 0 Å². The molecule has 0 amide bonds. The zero-order valence-corrected chi connectivity index (χ0v) is 34.6. The van der Waals surface area contributed by atoms with Crippen LogP contribution in [0.25, 0.3) is 10.9 Å². The average molecular weight is 859 g/mol. The standard InChI is InChI=1S/C14H19BFNO2.C8H7BrFN.C8H8FN.C8H6FN.CN.3CH4.B.Na/c1-13(2)14(3,4)19-15(18-13)10-7-9-5-6-17-12(9)11(16)8-10;9-6-3-5-1-2-11-8(5)7(10)4-6;2*9-7-3-1-2-6-4-5-10-8(6)7;1-2;;;;;/h7-8,17H,5-6H2,1-4H3;3-4,11H,1-2H2;1-3,10H,4-5H2;1-5,10H;;3*1H4;;/q;;;;-1;;;;;+1. The van der Waals surface area contributed by atoms with E-state index in [0.717, 1.165) is 70.9 Å². The van der Waals surface area contributed by atoms with Crippen molar-refractivity contribution in [2.24, 2.45) is 0 Å². The van der Waals surface area contributed by atoms with Crippen LogP contribution >= 0.6 is 15.9 Å². The van der Waals surface area contributed by atoms with Crippen LogP contribution in [0.2, 0.25) is 0 Å². The predicted molar refractivity (Wildman–Crippen MR) is 228 cm³/mol. The molecule has 0 bridgehead atoms. The Balaban J connectivity index is 0.000000728. The fourth-order valence-corrected chi connectivity index (χ4v) is 6.68. The van der Waals surface area contributed by atoms with E-state index in [0.29, 0.717) is 22.6 Å². The van der Waals surface area contributed by atoms with Gasteiger partial charge in [0.25, 0.3) is 0 Å². The summed E-state index contributed by atoms with van der Waals surface area (Å²) in [6.45, 7) is 15.3. The normalized spacial score (nSPS) is 15.0. The Labute approximate surface area is 369 Å². The van der Waals surface area contributed by atoms with Crippen molar-refractivity contribution in [3.8, 4) is 0 Å². The minimum atomic E-state index is -0.495. The largest absolute Gasteiger partial charge is 1.00 e. The summed E-state index contributed by atoms with van der Waals surface area (Å²) in [4.78, 5) is 2.81. The van der Waals surface area contributed by atoms with Crippen molar-refractivity contribution in [1.82, 2.24) is 4.98 Å². The first-order chi connectivity index (χ1) is 24.8. The number of rotatable bonds is 1. The van der Waals surface area contributed by atoms with E-state index in [1.165, 1.54) is 24.3 Å². The molecule has 3 radical (unpaired) electrons. The van der Waals surface area contributed by atoms with Gasteiger partial charge >= 0.3 is 36.7 Å². The summed E-state index contributed by atoms with van der Waals surface area (Å²) in [5, 5.41) is 16.2. The minimum absolute atomic E-state index is 0. The van der Waals surface area contributed by atoms with E-state index in [-0.39, 0.29) is 83.5 Å². The number of para-hydroxylation sites is 2. The summed E-state index contributed by atoms with van der Waals surface area (Å²) in [6.07, 6.45) is 4.45. The Kier molecular flexibility index (Phi) is 21.8. The van der Waals surface area contributed by atoms with E-state index < -0.39 is 18.3 Å². The number of fused-ring (bicyclic) bond motifs is 4. The fraction of sp³-hybridized carbons (Fsp3) is 0.357. The maximum absolute atomic E-state index is 14.0. The van der Waals surface area contributed by atoms with Crippen molar-refractivity contribution >= 4 is 64.9 Å². The average Bonchev–Trinajstić information content (AvgIpc) is 3.94. The molecule has 5 heterocycles. The molecule has 15 heteroatoms. The molecule has 57 heavy (non-hydrogen) atoms. The smallest absolute Gasteiger partial charge is 0.512 e. The Morgan fingerprint density at radius 1 is 0.649 bits per heavy atom. The molecule has 5 aromatic rings. The summed E-state index contributed by atoms with van der Waals surface area (Å²) in [7, 11) is -0.495. The zero-order chi connectivity index (χ0) is 37.6. The van der Waals surface area contributed by atoms with Crippen molar-refractivity contribution < 1.29 is 56.4 Å². The van der Waals surface area contributed by atoms with Crippen LogP contribution in [-0.2, 0) is 28.6 Å². The molecular weight excluding hydrogens is 807 g/mol. The Bertz CT molecular complexity index is 2050. The van der Waals surface area contributed by atoms with Crippen LogP contribution in [0.1, 0.15) is 66.7 Å². The van der Waals surface area contributed by atoms with Crippen LogP contribution in [0.4, 0.5) is 34.6 Å². The van der Waals surface area contributed by atoms with Crippen molar-refractivity contribution in [2.75, 3.05) is 35.6 Å². The number of aromatic amines is 1. The molecule has 4 aliphatic rings. The summed E-state index contributed by atoms with van der Waals surface area (Å²) in [5.41, 5.74) is 5.72. The van der Waals surface area contributed by atoms with Gasteiger partial charge in [-0.05, 0) is 106 Å². The topological polar surface area (TPSA) is 94.1 Å². The van der Waals surface area contributed by atoms with Crippen LogP contribution in [0.15, 0.2) is 77.4 Å². The van der Waals surface area contributed by atoms with Crippen molar-refractivity contribution in [1.29, 1.82) is 5.26 Å². The molecule has 7 nitrogen and oxygen atoms in total. The number of hydrogen-bond acceptors (Lipinski definition) is 6. The zero-order valence-electron chi connectivity index (χ0n) is 31.0. The SMILES string of the molecule is C.C.C.CC1(C)OB(c2cc(F)c3c(c2)CCN3)OC1(C)C.Fc1cc(Br)cc2c1NCC2.Fc1cccc2c1NCC2.Fc1cccc2cc[nH]c12.[B].[C-]#N.[Na+]. The second kappa shape index (κ2) is 23.2. The van der Waals surface area contributed by atoms with Crippen molar-refractivity contribution in [2.45, 2.75) is 80.4 Å². The van der Waals surface area contributed by atoms with Crippen molar-refractivity contribution in [3.05, 3.63) is 124 Å². The summed E-state index contributed by atoms with van der Waals surface area (Å²) in [5.74, 6) is -0.705. The third-order valence-corrected chi connectivity index (χ3v) is 10.0. The van der Waals surface area contributed by atoms with Gasteiger partial charge in [-0.25, -0.2) is 17.6 Å². The molecule has 0 unspecified atom stereocenters. The first-order valence-electron chi connectivity index (χ1n) is 16.9. The summed E-state index contributed by atoms with van der Waals surface area (Å²) < 4.78 is 65.4. The minimum Gasteiger partial charge on any atom is -0.512 e. The van der Waals surface area contributed by atoms with E-state index in [9.17, 15) is 17.6 Å². The van der Waals surface area contributed by atoms with E-state index in [2.05, 4.69) is 36.9 Å².